The summed E-state index contributed by atoms with van der Waals surface area (Å²) >= 11 is 1.95. The van der Waals surface area contributed by atoms with Crippen molar-refractivity contribution in [3.63, 3.8) is 0 Å². The summed E-state index contributed by atoms with van der Waals surface area (Å²) in [5.41, 5.74) is 2.60. The molecular formula is C18H22FNS. The summed E-state index contributed by atoms with van der Waals surface area (Å²) in [6, 6.07) is 9.61. The molecule has 1 aromatic carbocycles. The van der Waals surface area contributed by atoms with E-state index in [1.807, 2.05) is 24.5 Å². The number of benzene rings is 1. The number of thiophene rings is 1. The van der Waals surface area contributed by atoms with Crippen molar-refractivity contribution in [1.29, 1.82) is 0 Å². The van der Waals surface area contributed by atoms with Gasteiger partial charge in [0.15, 0.2) is 0 Å². The van der Waals surface area contributed by atoms with Gasteiger partial charge in [-0.3, -0.25) is 0 Å². The third kappa shape index (κ3) is 3.53. The number of fused-ring (bicyclic) bond motifs is 1. The second-order valence-electron chi connectivity index (χ2n) is 5.83. The molecule has 0 saturated heterocycles. The molecule has 21 heavy (non-hydrogen) atoms. The summed E-state index contributed by atoms with van der Waals surface area (Å²) in [5.74, 6) is -0.149. The van der Waals surface area contributed by atoms with Crippen molar-refractivity contribution in [2.75, 3.05) is 7.05 Å². The first-order chi connectivity index (χ1) is 10.3. The average molecular weight is 303 g/mol. The lowest BCUT2D eigenvalue weighted by atomic mass is 10.0. The lowest BCUT2D eigenvalue weighted by molar-refractivity contribution is 0.591. The highest BCUT2D eigenvalue weighted by Gasteiger charge is 2.18. The van der Waals surface area contributed by atoms with Crippen molar-refractivity contribution in [3.8, 4) is 0 Å². The van der Waals surface area contributed by atoms with E-state index < -0.39 is 0 Å². The van der Waals surface area contributed by atoms with Crippen LogP contribution in [0.2, 0.25) is 0 Å². The Morgan fingerprint density at radius 1 is 1.19 bits per heavy atom. The highest BCUT2D eigenvalue weighted by molar-refractivity contribution is 7.12. The predicted octanol–water partition coefficient (Wildman–Crippen LogP) is 4.66. The number of halogens is 1. The molecule has 0 amide bonds. The summed E-state index contributed by atoms with van der Waals surface area (Å²) in [7, 11) is 1.99. The van der Waals surface area contributed by atoms with E-state index in [9.17, 15) is 4.39 Å². The van der Waals surface area contributed by atoms with Crippen molar-refractivity contribution in [2.24, 2.45) is 0 Å². The van der Waals surface area contributed by atoms with Crippen LogP contribution in [0.1, 0.15) is 46.2 Å². The molecule has 3 heteroatoms. The highest BCUT2D eigenvalue weighted by Crippen LogP contribution is 2.33. The summed E-state index contributed by atoms with van der Waals surface area (Å²) in [4.78, 5) is 2.97. The first-order valence-corrected chi connectivity index (χ1v) is 8.61. The standard InChI is InChI=1S/C18H22FNS/c1-20-16(11-13-6-5-8-15(19)10-13)18-12-14-7-3-2-4-9-17(14)21-18/h5-6,8,10,12,16,20H,2-4,7,9,11H2,1H3. The van der Waals surface area contributed by atoms with E-state index in [-0.39, 0.29) is 11.9 Å². The molecule has 1 aliphatic carbocycles. The van der Waals surface area contributed by atoms with Gasteiger partial charge in [0.1, 0.15) is 5.82 Å². The Labute approximate surface area is 130 Å². The number of hydrogen-bond donors (Lipinski definition) is 1. The predicted molar refractivity (Wildman–Crippen MR) is 87.5 cm³/mol. The van der Waals surface area contributed by atoms with Crippen LogP contribution in [0.5, 0.6) is 0 Å². The quantitative estimate of drug-likeness (QED) is 0.810. The maximum Gasteiger partial charge on any atom is 0.123 e. The van der Waals surface area contributed by atoms with Crippen molar-refractivity contribution in [1.82, 2.24) is 5.32 Å². The Bertz CT molecular complexity index is 582. The molecule has 1 atom stereocenters. The highest BCUT2D eigenvalue weighted by atomic mass is 32.1. The smallest absolute Gasteiger partial charge is 0.123 e. The molecule has 0 radical (unpaired) electrons. The van der Waals surface area contributed by atoms with Crippen LogP contribution in [0.15, 0.2) is 30.3 Å². The lowest BCUT2D eigenvalue weighted by Crippen LogP contribution is -2.17. The Morgan fingerprint density at radius 2 is 2.05 bits per heavy atom. The van der Waals surface area contributed by atoms with Gasteiger partial charge in [0, 0.05) is 15.8 Å². The Kier molecular flexibility index (Phi) is 4.71. The minimum Gasteiger partial charge on any atom is -0.312 e. The van der Waals surface area contributed by atoms with Gasteiger partial charge in [-0.2, -0.15) is 0 Å². The van der Waals surface area contributed by atoms with Crippen molar-refractivity contribution >= 4 is 11.3 Å². The summed E-state index contributed by atoms with van der Waals surface area (Å²) in [6.45, 7) is 0. The molecule has 0 aliphatic heterocycles. The molecule has 1 aromatic heterocycles. The fourth-order valence-electron chi connectivity index (χ4n) is 3.11. The molecule has 0 saturated carbocycles. The number of aryl methyl sites for hydroxylation is 2. The van der Waals surface area contributed by atoms with Crippen molar-refractivity contribution in [2.45, 2.75) is 44.6 Å². The minimum absolute atomic E-state index is 0.149. The van der Waals surface area contributed by atoms with Gasteiger partial charge in [-0.15, -0.1) is 11.3 Å². The monoisotopic (exact) mass is 303 g/mol. The fourth-order valence-corrected chi connectivity index (χ4v) is 4.47. The van der Waals surface area contributed by atoms with Gasteiger partial charge >= 0.3 is 0 Å². The van der Waals surface area contributed by atoms with Gasteiger partial charge in [-0.25, -0.2) is 4.39 Å². The van der Waals surface area contributed by atoms with Crippen LogP contribution in [0.3, 0.4) is 0 Å². The Hall–Kier alpha value is -1.19. The molecule has 0 spiro atoms. The van der Waals surface area contributed by atoms with E-state index in [1.54, 1.807) is 22.6 Å². The molecule has 1 nitrogen and oxygen atoms in total. The molecule has 1 heterocycles. The van der Waals surface area contributed by atoms with E-state index in [2.05, 4.69) is 11.4 Å². The van der Waals surface area contributed by atoms with E-state index in [4.69, 9.17) is 0 Å². The summed E-state index contributed by atoms with van der Waals surface area (Å²) < 4.78 is 13.3. The van der Waals surface area contributed by atoms with Gasteiger partial charge in [0.05, 0.1) is 0 Å². The number of rotatable bonds is 4. The maximum absolute atomic E-state index is 13.3. The molecule has 1 unspecified atom stereocenters. The van der Waals surface area contributed by atoms with Crippen molar-refractivity contribution in [3.05, 3.63) is 57.0 Å². The van der Waals surface area contributed by atoms with Gasteiger partial charge in [0.25, 0.3) is 0 Å². The van der Waals surface area contributed by atoms with E-state index in [1.165, 1.54) is 43.0 Å². The normalized spacial score (nSPS) is 16.3. The minimum atomic E-state index is -0.149. The van der Waals surface area contributed by atoms with Gasteiger partial charge in [-0.1, -0.05) is 18.6 Å². The van der Waals surface area contributed by atoms with Crippen LogP contribution in [-0.4, -0.2) is 7.05 Å². The van der Waals surface area contributed by atoms with E-state index in [0.717, 1.165) is 12.0 Å². The van der Waals surface area contributed by atoms with Crippen LogP contribution in [0, 0.1) is 5.82 Å². The zero-order valence-corrected chi connectivity index (χ0v) is 13.3. The van der Waals surface area contributed by atoms with Crippen LogP contribution >= 0.6 is 11.3 Å². The maximum atomic E-state index is 13.3. The zero-order valence-electron chi connectivity index (χ0n) is 12.5. The van der Waals surface area contributed by atoms with Crippen LogP contribution < -0.4 is 5.32 Å². The molecule has 112 valence electrons. The molecule has 1 N–H and O–H groups in total. The van der Waals surface area contributed by atoms with Gasteiger partial charge < -0.3 is 5.32 Å². The molecular weight excluding hydrogens is 281 g/mol. The van der Waals surface area contributed by atoms with E-state index >= 15 is 0 Å². The average Bonchev–Trinajstić information content (AvgIpc) is 2.75. The van der Waals surface area contributed by atoms with Crippen LogP contribution in [0.4, 0.5) is 4.39 Å². The molecule has 0 bridgehead atoms. The molecule has 0 fully saturated rings. The largest absolute Gasteiger partial charge is 0.312 e. The molecule has 2 aromatic rings. The first kappa shape index (κ1) is 14.7. The van der Waals surface area contributed by atoms with E-state index in [0.29, 0.717) is 0 Å². The van der Waals surface area contributed by atoms with Crippen LogP contribution in [0.25, 0.3) is 0 Å². The second kappa shape index (κ2) is 6.71. The molecule has 3 rings (SSSR count). The number of nitrogens with one attached hydrogen (secondary N) is 1. The lowest BCUT2D eigenvalue weighted by Gasteiger charge is -2.14. The van der Waals surface area contributed by atoms with Crippen LogP contribution in [-0.2, 0) is 19.3 Å². The van der Waals surface area contributed by atoms with Crippen molar-refractivity contribution < 1.29 is 4.39 Å². The third-order valence-corrected chi connectivity index (χ3v) is 5.64. The second-order valence-corrected chi connectivity index (χ2v) is 7.00. The topological polar surface area (TPSA) is 12.0 Å². The third-order valence-electron chi connectivity index (χ3n) is 4.29. The van der Waals surface area contributed by atoms with Gasteiger partial charge in [-0.05, 0) is 68.5 Å². The SMILES string of the molecule is CNC(Cc1cccc(F)c1)c1cc2c(s1)CCCCC2. The Morgan fingerprint density at radius 3 is 2.86 bits per heavy atom. The summed E-state index contributed by atoms with van der Waals surface area (Å²) in [6.07, 6.45) is 7.29. The Balaban J connectivity index is 1.80. The van der Waals surface area contributed by atoms with Gasteiger partial charge in [0.2, 0.25) is 0 Å². The molecule has 1 aliphatic rings. The number of likely N-dealkylation sites (N-methyl/N-ethyl adjacent to an activating group) is 1. The number of hydrogen-bond acceptors (Lipinski definition) is 2. The summed E-state index contributed by atoms with van der Waals surface area (Å²) in [5, 5.41) is 3.40. The fraction of sp³-hybridized carbons (Fsp3) is 0.444. The zero-order chi connectivity index (χ0) is 14.7. The first-order valence-electron chi connectivity index (χ1n) is 7.79.